The summed E-state index contributed by atoms with van der Waals surface area (Å²) in [5, 5.41) is 3.48. The first-order chi connectivity index (χ1) is 11.8. The number of carbonyl (C=O) groups is 1. The van der Waals surface area contributed by atoms with Gasteiger partial charge in [0.15, 0.2) is 0 Å². The molecule has 2 saturated heterocycles. The fraction of sp³-hybridized carbons (Fsp3) is 0.381. The highest BCUT2D eigenvalue weighted by Gasteiger charge is 2.38. The summed E-state index contributed by atoms with van der Waals surface area (Å²) in [6.07, 6.45) is 3.53. The minimum absolute atomic E-state index is 0. The molecule has 0 atom stereocenters. The summed E-state index contributed by atoms with van der Waals surface area (Å²) in [6.45, 7) is 4.04. The Morgan fingerprint density at radius 2 is 1.52 bits per heavy atom. The van der Waals surface area contributed by atoms with Crippen LogP contribution in [0.1, 0.15) is 29.6 Å². The molecule has 1 N–H and O–H groups in total. The molecule has 4 heteroatoms. The highest BCUT2D eigenvalue weighted by molar-refractivity contribution is 5.94. The summed E-state index contributed by atoms with van der Waals surface area (Å²) in [6, 6.07) is 18.3. The molecular formula is C21H25ClN2O. The molecule has 0 aromatic heterocycles. The minimum atomic E-state index is 0. The lowest BCUT2D eigenvalue weighted by molar-refractivity contribution is 0.0607. The number of likely N-dealkylation sites (tertiary alicyclic amines) is 1. The second kappa shape index (κ2) is 7.59. The molecule has 0 unspecified atom stereocenters. The SMILES string of the molecule is Cl.O=C(c1ccc(-c2ccccc2)cc1)N1CCC2(CCNC2)CC1. The lowest BCUT2D eigenvalue weighted by atomic mass is 9.78. The van der Waals surface area contributed by atoms with Gasteiger partial charge in [0.1, 0.15) is 0 Å². The highest BCUT2D eigenvalue weighted by Crippen LogP contribution is 2.37. The van der Waals surface area contributed by atoms with Crippen LogP contribution in [0.5, 0.6) is 0 Å². The lowest BCUT2D eigenvalue weighted by Gasteiger charge is -2.38. The van der Waals surface area contributed by atoms with Gasteiger partial charge in [-0.25, -0.2) is 0 Å². The Labute approximate surface area is 155 Å². The molecule has 0 radical (unpaired) electrons. The standard InChI is InChI=1S/C21H24N2O.ClH/c24-20(23-14-11-21(12-15-23)10-13-22-16-21)19-8-6-18(7-9-19)17-4-2-1-3-5-17;/h1-9,22H,10-16H2;1H. The molecular weight excluding hydrogens is 332 g/mol. The van der Waals surface area contributed by atoms with E-state index >= 15 is 0 Å². The van der Waals surface area contributed by atoms with Gasteiger partial charge in [0.05, 0.1) is 0 Å². The third kappa shape index (κ3) is 3.73. The number of nitrogens with one attached hydrogen (secondary N) is 1. The number of piperidine rings is 1. The predicted molar refractivity (Wildman–Crippen MR) is 104 cm³/mol. The maximum absolute atomic E-state index is 12.8. The van der Waals surface area contributed by atoms with E-state index in [4.69, 9.17) is 0 Å². The Balaban J connectivity index is 0.00000182. The van der Waals surface area contributed by atoms with Crippen LogP contribution in [-0.4, -0.2) is 37.0 Å². The second-order valence-electron chi connectivity index (χ2n) is 7.16. The highest BCUT2D eigenvalue weighted by atomic mass is 35.5. The van der Waals surface area contributed by atoms with E-state index in [0.717, 1.165) is 50.1 Å². The molecule has 0 aliphatic carbocycles. The number of benzene rings is 2. The van der Waals surface area contributed by atoms with E-state index in [1.807, 2.05) is 35.2 Å². The zero-order valence-corrected chi connectivity index (χ0v) is 15.2. The van der Waals surface area contributed by atoms with Crippen LogP contribution < -0.4 is 5.32 Å². The van der Waals surface area contributed by atoms with E-state index in [1.54, 1.807) is 0 Å². The quantitative estimate of drug-likeness (QED) is 0.882. The van der Waals surface area contributed by atoms with Crippen molar-refractivity contribution in [2.75, 3.05) is 26.2 Å². The molecule has 2 aliphatic rings. The molecule has 2 aromatic rings. The summed E-state index contributed by atoms with van der Waals surface area (Å²) >= 11 is 0. The molecule has 2 heterocycles. The van der Waals surface area contributed by atoms with E-state index in [0.29, 0.717) is 5.41 Å². The van der Waals surface area contributed by atoms with Crippen molar-refractivity contribution in [2.45, 2.75) is 19.3 Å². The van der Waals surface area contributed by atoms with Crippen LogP contribution in [0.4, 0.5) is 0 Å². The molecule has 0 saturated carbocycles. The van der Waals surface area contributed by atoms with Crippen molar-refractivity contribution < 1.29 is 4.79 Å². The first kappa shape index (κ1) is 18.0. The van der Waals surface area contributed by atoms with Crippen LogP contribution in [0.15, 0.2) is 54.6 Å². The number of carbonyl (C=O) groups excluding carboxylic acids is 1. The zero-order chi connectivity index (χ0) is 16.4. The molecule has 1 spiro atoms. The molecule has 25 heavy (non-hydrogen) atoms. The van der Waals surface area contributed by atoms with Crippen LogP contribution in [0.3, 0.4) is 0 Å². The number of nitrogens with zero attached hydrogens (tertiary/aromatic N) is 1. The van der Waals surface area contributed by atoms with Gasteiger partial charge in [-0.2, -0.15) is 0 Å². The van der Waals surface area contributed by atoms with Gasteiger partial charge in [0.25, 0.3) is 5.91 Å². The van der Waals surface area contributed by atoms with Gasteiger partial charge in [-0.3, -0.25) is 4.79 Å². The lowest BCUT2D eigenvalue weighted by Crippen LogP contribution is -2.44. The first-order valence-electron chi connectivity index (χ1n) is 8.91. The summed E-state index contributed by atoms with van der Waals surface area (Å²) < 4.78 is 0. The molecule has 2 fully saturated rings. The van der Waals surface area contributed by atoms with Crippen molar-refractivity contribution in [1.82, 2.24) is 10.2 Å². The third-order valence-electron chi connectivity index (χ3n) is 5.68. The summed E-state index contributed by atoms with van der Waals surface area (Å²) in [4.78, 5) is 14.8. The largest absolute Gasteiger partial charge is 0.339 e. The number of rotatable bonds is 2. The summed E-state index contributed by atoms with van der Waals surface area (Å²) in [5.41, 5.74) is 3.59. The Morgan fingerprint density at radius 1 is 0.880 bits per heavy atom. The predicted octanol–water partition coefficient (Wildman–Crippen LogP) is 3.99. The van der Waals surface area contributed by atoms with Crippen LogP contribution in [0.2, 0.25) is 0 Å². The van der Waals surface area contributed by atoms with Crippen molar-refractivity contribution >= 4 is 18.3 Å². The first-order valence-corrected chi connectivity index (χ1v) is 8.91. The minimum Gasteiger partial charge on any atom is -0.339 e. The average molecular weight is 357 g/mol. The van der Waals surface area contributed by atoms with Crippen LogP contribution in [-0.2, 0) is 0 Å². The van der Waals surface area contributed by atoms with Gasteiger partial charge in [-0.15, -0.1) is 12.4 Å². The van der Waals surface area contributed by atoms with E-state index in [2.05, 4.69) is 29.6 Å². The fourth-order valence-electron chi connectivity index (χ4n) is 4.02. The van der Waals surface area contributed by atoms with E-state index in [-0.39, 0.29) is 18.3 Å². The number of hydrogen-bond acceptors (Lipinski definition) is 2. The van der Waals surface area contributed by atoms with E-state index in [1.165, 1.54) is 12.0 Å². The van der Waals surface area contributed by atoms with Crippen LogP contribution in [0, 0.1) is 5.41 Å². The van der Waals surface area contributed by atoms with Gasteiger partial charge in [0.2, 0.25) is 0 Å². The van der Waals surface area contributed by atoms with Crippen molar-refractivity contribution in [1.29, 1.82) is 0 Å². The number of halogens is 1. The number of hydrogen-bond donors (Lipinski definition) is 1. The van der Waals surface area contributed by atoms with Crippen LogP contribution >= 0.6 is 12.4 Å². The number of amides is 1. The fourth-order valence-corrected chi connectivity index (χ4v) is 4.02. The molecule has 2 aromatic carbocycles. The van der Waals surface area contributed by atoms with Crippen molar-refractivity contribution in [3.05, 3.63) is 60.2 Å². The third-order valence-corrected chi connectivity index (χ3v) is 5.68. The zero-order valence-electron chi connectivity index (χ0n) is 14.4. The van der Waals surface area contributed by atoms with Gasteiger partial charge in [0, 0.05) is 25.2 Å². The van der Waals surface area contributed by atoms with Gasteiger partial charge in [-0.1, -0.05) is 42.5 Å². The van der Waals surface area contributed by atoms with E-state index < -0.39 is 0 Å². The van der Waals surface area contributed by atoms with Gasteiger partial charge in [-0.05, 0) is 54.5 Å². The Kier molecular flexibility index (Phi) is 5.45. The van der Waals surface area contributed by atoms with Crippen LogP contribution in [0.25, 0.3) is 11.1 Å². The molecule has 1 amide bonds. The molecule has 132 valence electrons. The average Bonchev–Trinajstić information content (AvgIpc) is 3.11. The normalized spacial score (nSPS) is 18.8. The maximum atomic E-state index is 12.8. The van der Waals surface area contributed by atoms with Gasteiger partial charge < -0.3 is 10.2 Å². The van der Waals surface area contributed by atoms with Crippen molar-refractivity contribution in [3.8, 4) is 11.1 Å². The van der Waals surface area contributed by atoms with Crippen molar-refractivity contribution in [3.63, 3.8) is 0 Å². The monoisotopic (exact) mass is 356 g/mol. The Bertz CT molecular complexity index is 698. The Morgan fingerprint density at radius 3 is 2.12 bits per heavy atom. The topological polar surface area (TPSA) is 32.3 Å². The maximum Gasteiger partial charge on any atom is 0.253 e. The molecule has 4 rings (SSSR count). The van der Waals surface area contributed by atoms with E-state index in [9.17, 15) is 4.79 Å². The molecule has 2 aliphatic heterocycles. The smallest absolute Gasteiger partial charge is 0.253 e. The summed E-state index contributed by atoms with van der Waals surface area (Å²) in [7, 11) is 0. The molecule has 0 bridgehead atoms. The Hall–Kier alpha value is -1.84. The van der Waals surface area contributed by atoms with Crippen molar-refractivity contribution in [2.24, 2.45) is 5.41 Å². The van der Waals surface area contributed by atoms with Gasteiger partial charge >= 0.3 is 0 Å². The second-order valence-corrected chi connectivity index (χ2v) is 7.16. The summed E-state index contributed by atoms with van der Waals surface area (Å²) in [5.74, 6) is 0.176. The molecule has 3 nitrogen and oxygen atoms in total.